The third-order valence-corrected chi connectivity index (χ3v) is 6.28. The molecule has 3 unspecified atom stereocenters. The van der Waals surface area contributed by atoms with Crippen molar-refractivity contribution in [2.45, 2.75) is 57.7 Å². The fourth-order valence-electron chi connectivity index (χ4n) is 3.89. The van der Waals surface area contributed by atoms with Crippen LogP contribution in [0.4, 0.5) is 0 Å². The van der Waals surface area contributed by atoms with Gasteiger partial charge in [0.2, 0.25) is 0 Å². The largest absolute Gasteiger partial charge is 0.381 e. The highest BCUT2D eigenvalue weighted by Crippen LogP contribution is 2.49. The molecule has 0 radical (unpaired) electrons. The summed E-state index contributed by atoms with van der Waals surface area (Å²) in [7, 11) is 0. The Hall–Kier alpha value is 0.440. The van der Waals surface area contributed by atoms with Crippen LogP contribution in [0.15, 0.2) is 0 Å². The van der Waals surface area contributed by atoms with Crippen LogP contribution in [0.1, 0.15) is 52.9 Å². The molecule has 1 saturated carbocycles. The van der Waals surface area contributed by atoms with Gasteiger partial charge in [-0.2, -0.15) is 0 Å². The lowest BCUT2D eigenvalue weighted by molar-refractivity contribution is -0.0105. The van der Waals surface area contributed by atoms with Gasteiger partial charge in [-0.3, -0.25) is 0 Å². The molecule has 0 aromatic carbocycles. The second kappa shape index (κ2) is 5.61. The maximum Gasteiger partial charge on any atom is 0.0468 e. The van der Waals surface area contributed by atoms with E-state index < -0.39 is 0 Å². The van der Waals surface area contributed by atoms with E-state index in [1.54, 1.807) is 0 Å². The van der Waals surface area contributed by atoms with Crippen molar-refractivity contribution in [3.8, 4) is 0 Å². The van der Waals surface area contributed by atoms with Crippen molar-refractivity contribution in [3.63, 3.8) is 0 Å². The van der Waals surface area contributed by atoms with Crippen LogP contribution in [0.25, 0.3) is 0 Å². The van der Waals surface area contributed by atoms with E-state index >= 15 is 0 Å². The number of rotatable bonds is 2. The van der Waals surface area contributed by atoms with E-state index in [0.29, 0.717) is 5.41 Å². The van der Waals surface area contributed by atoms with E-state index in [0.717, 1.165) is 35.8 Å². The van der Waals surface area contributed by atoms with E-state index in [4.69, 9.17) is 4.74 Å². The molecule has 1 nitrogen and oxygen atoms in total. The lowest BCUT2D eigenvalue weighted by Crippen LogP contribution is -2.42. The summed E-state index contributed by atoms with van der Waals surface area (Å²) in [4.78, 5) is 0.726. The molecule has 2 aliphatic rings. The fraction of sp³-hybridized carbons (Fsp3) is 1.00. The second-order valence-electron chi connectivity index (χ2n) is 6.75. The van der Waals surface area contributed by atoms with Crippen LogP contribution in [-0.2, 0) is 4.74 Å². The average molecular weight is 303 g/mol. The summed E-state index contributed by atoms with van der Waals surface area (Å²) in [6.45, 7) is 9.34. The topological polar surface area (TPSA) is 9.23 Å². The molecule has 0 aromatic heterocycles. The van der Waals surface area contributed by atoms with Crippen molar-refractivity contribution in [1.82, 2.24) is 0 Å². The van der Waals surface area contributed by atoms with Crippen molar-refractivity contribution in [2.24, 2.45) is 23.2 Å². The van der Waals surface area contributed by atoms with Crippen LogP contribution in [0, 0.1) is 23.2 Å². The zero-order valence-electron chi connectivity index (χ0n) is 11.5. The van der Waals surface area contributed by atoms with Crippen LogP contribution in [0.5, 0.6) is 0 Å². The number of alkyl halides is 1. The van der Waals surface area contributed by atoms with Crippen LogP contribution in [0.2, 0.25) is 0 Å². The standard InChI is InChI=1S/C15H27BrO/c1-11-4-5-13(14(16)10-11)15(2,3)12-6-8-17-9-7-12/h11-14H,4-10H2,1-3H3. The monoisotopic (exact) mass is 302 g/mol. The Morgan fingerprint density at radius 3 is 2.29 bits per heavy atom. The Kier molecular flexibility index (Phi) is 4.57. The van der Waals surface area contributed by atoms with Gasteiger partial charge in [0, 0.05) is 18.0 Å². The van der Waals surface area contributed by atoms with E-state index in [1.807, 2.05) is 0 Å². The summed E-state index contributed by atoms with van der Waals surface area (Å²) in [5.41, 5.74) is 0.470. The highest BCUT2D eigenvalue weighted by molar-refractivity contribution is 9.09. The average Bonchev–Trinajstić information content (AvgIpc) is 2.29. The SMILES string of the molecule is CC1CCC(C(C)(C)C2CCOCC2)C(Br)C1. The van der Waals surface area contributed by atoms with Gasteiger partial charge in [0.1, 0.15) is 0 Å². The molecule has 1 aliphatic carbocycles. The molecule has 0 N–H and O–H groups in total. The lowest BCUT2D eigenvalue weighted by atomic mass is 9.61. The first kappa shape index (κ1) is 13.9. The molecule has 2 rings (SSSR count). The molecule has 3 atom stereocenters. The lowest BCUT2D eigenvalue weighted by Gasteiger charge is -2.47. The smallest absolute Gasteiger partial charge is 0.0468 e. The molecule has 0 aromatic rings. The minimum absolute atomic E-state index is 0.470. The molecular formula is C15H27BrO. The minimum Gasteiger partial charge on any atom is -0.381 e. The van der Waals surface area contributed by atoms with E-state index in [9.17, 15) is 0 Å². The molecule has 2 fully saturated rings. The molecule has 0 spiro atoms. The van der Waals surface area contributed by atoms with Crippen molar-refractivity contribution < 1.29 is 4.74 Å². The van der Waals surface area contributed by atoms with Gasteiger partial charge in [0.15, 0.2) is 0 Å². The molecule has 1 saturated heterocycles. The van der Waals surface area contributed by atoms with Gasteiger partial charge in [0.25, 0.3) is 0 Å². The first-order valence-electron chi connectivity index (χ1n) is 7.23. The quantitative estimate of drug-likeness (QED) is 0.675. The second-order valence-corrected chi connectivity index (χ2v) is 7.92. The van der Waals surface area contributed by atoms with E-state index in [-0.39, 0.29) is 0 Å². The summed E-state index contributed by atoms with van der Waals surface area (Å²) in [6, 6.07) is 0. The molecule has 100 valence electrons. The molecule has 2 heteroatoms. The molecular weight excluding hydrogens is 276 g/mol. The Bertz CT molecular complexity index is 245. The fourth-order valence-corrected chi connectivity index (χ4v) is 5.48. The third kappa shape index (κ3) is 3.07. The maximum atomic E-state index is 5.51. The van der Waals surface area contributed by atoms with Gasteiger partial charge < -0.3 is 4.74 Å². The zero-order valence-corrected chi connectivity index (χ0v) is 13.1. The highest BCUT2D eigenvalue weighted by Gasteiger charge is 2.42. The van der Waals surface area contributed by atoms with E-state index in [2.05, 4.69) is 36.7 Å². The van der Waals surface area contributed by atoms with Crippen LogP contribution in [-0.4, -0.2) is 18.0 Å². The van der Waals surface area contributed by atoms with Crippen LogP contribution in [0.3, 0.4) is 0 Å². The molecule has 0 amide bonds. The van der Waals surface area contributed by atoms with Crippen molar-refractivity contribution in [1.29, 1.82) is 0 Å². The Labute approximate surface area is 115 Å². The molecule has 1 heterocycles. The van der Waals surface area contributed by atoms with Gasteiger partial charge in [-0.15, -0.1) is 0 Å². The predicted molar refractivity (Wildman–Crippen MR) is 76.5 cm³/mol. The molecule has 1 aliphatic heterocycles. The predicted octanol–water partition coefficient (Wildman–Crippen LogP) is 4.64. The summed E-state index contributed by atoms with van der Waals surface area (Å²) >= 11 is 3.97. The minimum atomic E-state index is 0.470. The number of hydrogen-bond acceptors (Lipinski definition) is 1. The summed E-state index contributed by atoms with van der Waals surface area (Å²) in [5, 5.41) is 0. The summed E-state index contributed by atoms with van der Waals surface area (Å²) in [6.07, 6.45) is 6.70. The maximum absolute atomic E-state index is 5.51. The first-order chi connectivity index (χ1) is 8.01. The summed E-state index contributed by atoms with van der Waals surface area (Å²) in [5.74, 6) is 2.61. The Morgan fingerprint density at radius 2 is 1.71 bits per heavy atom. The third-order valence-electron chi connectivity index (χ3n) is 5.26. The summed E-state index contributed by atoms with van der Waals surface area (Å²) < 4.78 is 5.51. The van der Waals surface area contributed by atoms with E-state index in [1.165, 1.54) is 32.1 Å². The Balaban J connectivity index is 2.02. The Morgan fingerprint density at radius 1 is 1.06 bits per heavy atom. The number of ether oxygens (including phenoxy) is 1. The van der Waals surface area contributed by atoms with Crippen molar-refractivity contribution >= 4 is 15.9 Å². The first-order valence-corrected chi connectivity index (χ1v) is 8.15. The normalized spacial score (nSPS) is 37.1. The van der Waals surface area contributed by atoms with Gasteiger partial charge in [-0.25, -0.2) is 0 Å². The number of hydrogen-bond donors (Lipinski definition) is 0. The highest BCUT2D eigenvalue weighted by atomic mass is 79.9. The molecule has 17 heavy (non-hydrogen) atoms. The van der Waals surface area contributed by atoms with Gasteiger partial charge in [-0.1, -0.05) is 43.1 Å². The molecule has 0 bridgehead atoms. The van der Waals surface area contributed by atoms with Gasteiger partial charge in [-0.05, 0) is 48.9 Å². The van der Waals surface area contributed by atoms with Crippen LogP contribution < -0.4 is 0 Å². The van der Waals surface area contributed by atoms with Gasteiger partial charge >= 0.3 is 0 Å². The number of halogens is 1. The van der Waals surface area contributed by atoms with Crippen molar-refractivity contribution in [3.05, 3.63) is 0 Å². The van der Waals surface area contributed by atoms with Crippen molar-refractivity contribution in [2.75, 3.05) is 13.2 Å². The zero-order chi connectivity index (χ0) is 12.5. The van der Waals surface area contributed by atoms with Crippen LogP contribution >= 0.6 is 15.9 Å². The van der Waals surface area contributed by atoms with Gasteiger partial charge in [0.05, 0.1) is 0 Å².